The van der Waals surface area contributed by atoms with E-state index < -0.39 is 0 Å². The van der Waals surface area contributed by atoms with E-state index in [9.17, 15) is 4.79 Å². The van der Waals surface area contributed by atoms with Crippen LogP contribution in [0.1, 0.15) is 57.8 Å². The van der Waals surface area contributed by atoms with Crippen molar-refractivity contribution in [2.75, 3.05) is 13.2 Å². The van der Waals surface area contributed by atoms with Gasteiger partial charge in [-0.25, -0.2) is 4.79 Å². The number of likely N-dealkylation sites (tertiary alicyclic amines) is 1. The number of rotatable bonds is 2. The Balaban J connectivity index is 1.38. The standard InChI is InChI=1S/C17H28N2O2/c20-17(19-10-3-7-15(19)12-4-1-5-12)18-14-6-2-8-16-13(14)9-11-21-16/h12-16H,1-11H2,(H,18,20)/t13-,14+,15+,16-/m0/s1. The first kappa shape index (κ1) is 13.9. The Bertz CT molecular complexity index is 396. The fourth-order valence-corrected chi connectivity index (χ4v) is 4.96. The van der Waals surface area contributed by atoms with E-state index in [0.717, 1.165) is 31.9 Å². The van der Waals surface area contributed by atoms with Crippen LogP contribution in [-0.4, -0.2) is 42.3 Å². The molecular formula is C17H28N2O2. The Morgan fingerprint density at radius 2 is 1.86 bits per heavy atom. The zero-order chi connectivity index (χ0) is 14.2. The van der Waals surface area contributed by atoms with Crippen molar-refractivity contribution in [1.82, 2.24) is 10.2 Å². The van der Waals surface area contributed by atoms with Crippen LogP contribution >= 0.6 is 0 Å². The molecular weight excluding hydrogens is 264 g/mol. The minimum atomic E-state index is 0.210. The molecule has 2 saturated carbocycles. The summed E-state index contributed by atoms with van der Waals surface area (Å²) in [5.41, 5.74) is 0. The van der Waals surface area contributed by atoms with Crippen LogP contribution in [0.4, 0.5) is 4.79 Å². The van der Waals surface area contributed by atoms with E-state index in [0.29, 0.717) is 24.1 Å². The maximum absolute atomic E-state index is 12.7. The van der Waals surface area contributed by atoms with Crippen molar-refractivity contribution in [3.63, 3.8) is 0 Å². The summed E-state index contributed by atoms with van der Waals surface area (Å²) in [6.45, 7) is 1.85. The number of urea groups is 1. The molecule has 0 aromatic heterocycles. The Morgan fingerprint density at radius 1 is 1.00 bits per heavy atom. The SMILES string of the molecule is O=C(N[C@@H]1CCC[C@@H]2OCC[C@H]21)N1CCC[C@@H]1C1CCC1. The Hall–Kier alpha value is -0.770. The lowest BCUT2D eigenvalue weighted by Gasteiger charge is -2.39. The summed E-state index contributed by atoms with van der Waals surface area (Å²) < 4.78 is 5.82. The molecule has 21 heavy (non-hydrogen) atoms. The molecule has 0 radical (unpaired) electrons. The smallest absolute Gasteiger partial charge is 0.317 e. The van der Waals surface area contributed by atoms with Gasteiger partial charge in [0.1, 0.15) is 0 Å². The van der Waals surface area contributed by atoms with E-state index in [-0.39, 0.29) is 6.03 Å². The van der Waals surface area contributed by atoms with Crippen molar-refractivity contribution in [1.29, 1.82) is 0 Å². The predicted molar refractivity (Wildman–Crippen MR) is 81.1 cm³/mol. The summed E-state index contributed by atoms with van der Waals surface area (Å²) in [7, 11) is 0. The van der Waals surface area contributed by atoms with Gasteiger partial charge in [0.25, 0.3) is 0 Å². The van der Waals surface area contributed by atoms with Crippen LogP contribution in [0.2, 0.25) is 0 Å². The van der Waals surface area contributed by atoms with Crippen LogP contribution in [0.5, 0.6) is 0 Å². The van der Waals surface area contributed by atoms with Gasteiger partial charge in [-0.1, -0.05) is 6.42 Å². The number of nitrogens with zero attached hydrogens (tertiary/aromatic N) is 1. The summed E-state index contributed by atoms with van der Waals surface area (Å²) in [5, 5.41) is 3.37. The third kappa shape index (κ3) is 2.56. The lowest BCUT2D eigenvalue weighted by molar-refractivity contribution is 0.0528. The largest absolute Gasteiger partial charge is 0.378 e. The molecule has 118 valence electrons. The quantitative estimate of drug-likeness (QED) is 0.850. The summed E-state index contributed by atoms with van der Waals surface area (Å²) >= 11 is 0. The molecule has 4 fully saturated rings. The van der Waals surface area contributed by atoms with E-state index in [1.807, 2.05) is 0 Å². The van der Waals surface area contributed by atoms with Gasteiger partial charge >= 0.3 is 6.03 Å². The third-order valence-corrected chi connectivity index (χ3v) is 6.34. The molecule has 4 atom stereocenters. The van der Waals surface area contributed by atoms with E-state index in [2.05, 4.69) is 10.2 Å². The second kappa shape index (κ2) is 5.79. The van der Waals surface area contributed by atoms with Crippen molar-refractivity contribution in [2.24, 2.45) is 11.8 Å². The molecule has 0 aromatic carbocycles. The number of amides is 2. The maximum Gasteiger partial charge on any atom is 0.317 e. The predicted octanol–water partition coefficient (Wildman–Crippen LogP) is 2.92. The fourth-order valence-electron chi connectivity index (χ4n) is 4.96. The lowest BCUT2D eigenvalue weighted by atomic mass is 9.79. The molecule has 0 spiro atoms. The van der Waals surface area contributed by atoms with Gasteiger partial charge in [-0.3, -0.25) is 0 Å². The van der Waals surface area contributed by atoms with Gasteiger partial charge in [-0.15, -0.1) is 0 Å². The molecule has 4 rings (SSSR count). The molecule has 1 N–H and O–H groups in total. The number of ether oxygens (including phenoxy) is 1. The number of fused-ring (bicyclic) bond motifs is 1. The van der Waals surface area contributed by atoms with E-state index in [1.54, 1.807) is 0 Å². The topological polar surface area (TPSA) is 41.6 Å². The lowest BCUT2D eigenvalue weighted by Crippen LogP contribution is -2.53. The molecule has 4 nitrogen and oxygen atoms in total. The zero-order valence-corrected chi connectivity index (χ0v) is 12.9. The second-order valence-electron chi connectivity index (χ2n) is 7.44. The molecule has 2 aliphatic carbocycles. The monoisotopic (exact) mass is 292 g/mol. The van der Waals surface area contributed by atoms with Gasteiger partial charge in [0.2, 0.25) is 0 Å². The van der Waals surface area contributed by atoms with Gasteiger partial charge in [0.05, 0.1) is 6.10 Å². The van der Waals surface area contributed by atoms with Crippen LogP contribution in [0.15, 0.2) is 0 Å². The summed E-state index contributed by atoms with van der Waals surface area (Å²) in [4.78, 5) is 14.9. The van der Waals surface area contributed by atoms with E-state index >= 15 is 0 Å². The molecule has 2 saturated heterocycles. The average Bonchev–Trinajstić information content (AvgIpc) is 3.05. The third-order valence-electron chi connectivity index (χ3n) is 6.34. The molecule has 2 aliphatic heterocycles. The highest BCUT2D eigenvalue weighted by molar-refractivity contribution is 5.75. The van der Waals surface area contributed by atoms with Gasteiger partial charge in [0.15, 0.2) is 0 Å². The molecule has 2 amide bonds. The summed E-state index contributed by atoms with van der Waals surface area (Å²) in [6.07, 6.45) is 11.5. The minimum absolute atomic E-state index is 0.210. The first-order valence-corrected chi connectivity index (χ1v) is 9.01. The molecule has 4 heteroatoms. The first-order chi connectivity index (χ1) is 10.3. The van der Waals surface area contributed by atoms with Crippen LogP contribution < -0.4 is 5.32 Å². The van der Waals surface area contributed by atoms with Crippen molar-refractivity contribution >= 4 is 6.03 Å². The second-order valence-corrected chi connectivity index (χ2v) is 7.44. The highest BCUT2D eigenvalue weighted by atomic mass is 16.5. The van der Waals surface area contributed by atoms with Gasteiger partial charge < -0.3 is 15.0 Å². The number of carbonyl (C=O) groups is 1. The zero-order valence-electron chi connectivity index (χ0n) is 12.9. The van der Waals surface area contributed by atoms with Crippen molar-refractivity contribution in [3.8, 4) is 0 Å². The van der Waals surface area contributed by atoms with Gasteiger partial charge in [-0.2, -0.15) is 0 Å². The highest BCUT2D eigenvalue weighted by Gasteiger charge is 2.41. The van der Waals surface area contributed by atoms with E-state index in [1.165, 1.54) is 44.9 Å². The Kier molecular flexibility index (Phi) is 3.82. The van der Waals surface area contributed by atoms with Crippen LogP contribution in [-0.2, 0) is 4.74 Å². The van der Waals surface area contributed by atoms with Crippen molar-refractivity contribution < 1.29 is 9.53 Å². The number of hydrogen-bond acceptors (Lipinski definition) is 2. The van der Waals surface area contributed by atoms with E-state index in [4.69, 9.17) is 4.74 Å². The van der Waals surface area contributed by atoms with Crippen molar-refractivity contribution in [2.45, 2.75) is 76.0 Å². The van der Waals surface area contributed by atoms with Crippen LogP contribution in [0, 0.1) is 11.8 Å². The number of nitrogens with one attached hydrogen (secondary N) is 1. The number of hydrogen-bond donors (Lipinski definition) is 1. The Labute approximate surface area is 127 Å². The maximum atomic E-state index is 12.7. The number of carbonyl (C=O) groups excluding carboxylic acids is 1. The molecule has 2 heterocycles. The highest BCUT2D eigenvalue weighted by Crippen LogP contribution is 2.38. The van der Waals surface area contributed by atoms with Crippen LogP contribution in [0.3, 0.4) is 0 Å². The molecule has 4 aliphatic rings. The molecule has 0 aromatic rings. The fraction of sp³-hybridized carbons (Fsp3) is 0.941. The van der Waals surface area contributed by atoms with Gasteiger partial charge in [0, 0.05) is 31.2 Å². The Morgan fingerprint density at radius 3 is 2.67 bits per heavy atom. The normalized spacial score (nSPS) is 39.9. The van der Waals surface area contributed by atoms with Crippen LogP contribution in [0.25, 0.3) is 0 Å². The molecule has 0 bridgehead atoms. The summed E-state index contributed by atoms with van der Waals surface area (Å²) in [6, 6.07) is 1.08. The van der Waals surface area contributed by atoms with Crippen molar-refractivity contribution in [3.05, 3.63) is 0 Å². The van der Waals surface area contributed by atoms with Gasteiger partial charge in [-0.05, 0) is 57.3 Å². The first-order valence-electron chi connectivity index (χ1n) is 9.01. The average molecular weight is 292 g/mol. The molecule has 0 unspecified atom stereocenters. The summed E-state index contributed by atoms with van der Waals surface area (Å²) in [5.74, 6) is 1.35. The minimum Gasteiger partial charge on any atom is -0.378 e.